The van der Waals surface area contributed by atoms with Crippen molar-refractivity contribution in [3.63, 3.8) is 0 Å². The van der Waals surface area contributed by atoms with Gasteiger partial charge in [0, 0.05) is 17.5 Å². The molecule has 100 valence electrons. The Hall–Kier alpha value is -0.640. The standard InChI is InChI=1S/C15H23NOS/c1-11-6-12(2)8-13(7-11)15(10-17)16-9-14-4-3-5-18-14/h3-6,11,13,15-17H,7-10H2,1-2H3. The molecule has 1 aliphatic carbocycles. The van der Waals surface area contributed by atoms with Crippen LogP contribution in [0.1, 0.15) is 31.6 Å². The predicted molar refractivity (Wildman–Crippen MR) is 77.7 cm³/mol. The van der Waals surface area contributed by atoms with Crippen molar-refractivity contribution >= 4 is 11.3 Å². The van der Waals surface area contributed by atoms with Crippen LogP contribution >= 0.6 is 11.3 Å². The van der Waals surface area contributed by atoms with E-state index in [1.54, 1.807) is 11.3 Å². The highest BCUT2D eigenvalue weighted by Gasteiger charge is 2.25. The van der Waals surface area contributed by atoms with Crippen LogP contribution in [0.5, 0.6) is 0 Å². The molecule has 0 spiro atoms. The minimum atomic E-state index is 0.221. The molecule has 3 unspecified atom stereocenters. The van der Waals surface area contributed by atoms with Gasteiger partial charge in [0.2, 0.25) is 0 Å². The first kappa shape index (κ1) is 13.8. The SMILES string of the molecule is CC1=CC(C)CC(C(CO)NCc2cccs2)C1. The summed E-state index contributed by atoms with van der Waals surface area (Å²) >= 11 is 1.77. The summed E-state index contributed by atoms with van der Waals surface area (Å²) in [5.41, 5.74) is 1.47. The van der Waals surface area contributed by atoms with Crippen molar-refractivity contribution in [3.05, 3.63) is 34.0 Å². The van der Waals surface area contributed by atoms with Gasteiger partial charge in [0.1, 0.15) is 0 Å². The summed E-state index contributed by atoms with van der Waals surface area (Å²) in [6.07, 6.45) is 4.66. The van der Waals surface area contributed by atoms with Gasteiger partial charge in [-0.15, -0.1) is 11.3 Å². The van der Waals surface area contributed by atoms with Crippen molar-refractivity contribution in [1.29, 1.82) is 0 Å². The van der Waals surface area contributed by atoms with Crippen LogP contribution in [-0.4, -0.2) is 17.8 Å². The van der Waals surface area contributed by atoms with Crippen molar-refractivity contribution in [2.45, 2.75) is 39.3 Å². The minimum Gasteiger partial charge on any atom is -0.395 e. The summed E-state index contributed by atoms with van der Waals surface area (Å²) in [5, 5.41) is 15.2. The van der Waals surface area contributed by atoms with Crippen LogP contribution in [0.3, 0.4) is 0 Å². The average Bonchev–Trinajstić information content (AvgIpc) is 2.81. The lowest BCUT2D eigenvalue weighted by molar-refractivity contribution is 0.180. The molecule has 0 aliphatic heterocycles. The Balaban J connectivity index is 1.90. The number of allylic oxidation sites excluding steroid dienone is 2. The molecule has 1 aliphatic rings. The molecule has 0 amide bonds. The van der Waals surface area contributed by atoms with Crippen LogP contribution in [-0.2, 0) is 6.54 Å². The molecule has 18 heavy (non-hydrogen) atoms. The molecule has 2 N–H and O–H groups in total. The number of aliphatic hydroxyl groups excluding tert-OH is 1. The van der Waals surface area contributed by atoms with E-state index < -0.39 is 0 Å². The molecule has 0 saturated carbocycles. The van der Waals surface area contributed by atoms with Gasteiger partial charge in [0.25, 0.3) is 0 Å². The molecule has 0 aromatic carbocycles. The number of hydrogen-bond donors (Lipinski definition) is 2. The number of hydrogen-bond acceptors (Lipinski definition) is 3. The zero-order chi connectivity index (χ0) is 13.0. The molecule has 0 radical (unpaired) electrons. The largest absolute Gasteiger partial charge is 0.395 e. The monoisotopic (exact) mass is 265 g/mol. The summed E-state index contributed by atoms with van der Waals surface area (Å²) in [5.74, 6) is 1.20. The highest BCUT2D eigenvalue weighted by molar-refractivity contribution is 7.09. The van der Waals surface area contributed by atoms with E-state index in [0.717, 1.165) is 13.0 Å². The van der Waals surface area contributed by atoms with Gasteiger partial charge in [0.15, 0.2) is 0 Å². The first-order valence-electron chi connectivity index (χ1n) is 6.73. The van der Waals surface area contributed by atoms with Crippen molar-refractivity contribution in [2.75, 3.05) is 6.61 Å². The molecule has 3 heteroatoms. The van der Waals surface area contributed by atoms with Crippen molar-refractivity contribution in [2.24, 2.45) is 11.8 Å². The maximum absolute atomic E-state index is 9.60. The molecule has 1 aromatic rings. The predicted octanol–water partition coefficient (Wildman–Crippen LogP) is 3.19. The Morgan fingerprint density at radius 2 is 2.39 bits per heavy atom. The molecular weight excluding hydrogens is 242 g/mol. The Labute approximate surface area is 114 Å². The number of rotatable bonds is 5. The van der Waals surface area contributed by atoms with Crippen LogP contribution in [0.15, 0.2) is 29.2 Å². The smallest absolute Gasteiger partial charge is 0.0587 e. The highest BCUT2D eigenvalue weighted by atomic mass is 32.1. The van der Waals surface area contributed by atoms with Crippen LogP contribution < -0.4 is 5.32 Å². The number of nitrogens with one attached hydrogen (secondary N) is 1. The molecule has 0 fully saturated rings. The Kier molecular flexibility index (Phi) is 4.98. The van der Waals surface area contributed by atoms with E-state index in [2.05, 4.69) is 42.8 Å². The van der Waals surface area contributed by atoms with Gasteiger partial charge in [-0.05, 0) is 43.0 Å². The lowest BCUT2D eigenvalue weighted by Crippen LogP contribution is -2.40. The third kappa shape index (κ3) is 3.67. The quantitative estimate of drug-likeness (QED) is 0.801. The topological polar surface area (TPSA) is 32.3 Å². The van der Waals surface area contributed by atoms with E-state index in [4.69, 9.17) is 0 Å². The van der Waals surface area contributed by atoms with Gasteiger partial charge in [-0.1, -0.05) is 24.6 Å². The number of thiophene rings is 1. The first-order valence-corrected chi connectivity index (χ1v) is 7.61. The van der Waals surface area contributed by atoms with E-state index in [9.17, 15) is 5.11 Å². The van der Waals surface area contributed by atoms with E-state index in [1.807, 2.05) is 0 Å². The molecule has 1 heterocycles. The number of aliphatic hydroxyl groups is 1. The average molecular weight is 265 g/mol. The van der Waals surface area contributed by atoms with Crippen LogP contribution in [0.2, 0.25) is 0 Å². The summed E-state index contributed by atoms with van der Waals surface area (Å²) in [6, 6.07) is 4.43. The molecule has 2 nitrogen and oxygen atoms in total. The normalized spacial score (nSPS) is 25.8. The fraction of sp³-hybridized carbons (Fsp3) is 0.600. The second-order valence-corrected chi connectivity index (χ2v) is 6.47. The minimum absolute atomic E-state index is 0.221. The fourth-order valence-electron chi connectivity index (χ4n) is 2.93. The second-order valence-electron chi connectivity index (χ2n) is 5.44. The fourth-order valence-corrected chi connectivity index (χ4v) is 3.58. The molecule has 0 bridgehead atoms. The third-order valence-corrected chi connectivity index (χ3v) is 4.59. The van der Waals surface area contributed by atoms with E-state index in [-0.39, 0.29) is 12.6 Å². The van der Waals surface area contributed by atoms with Crippen molar-refractivity contribution in [3.8, 4) is 0 Å². The van der Waals surface area contributed by atoms with Gasteiger partial charge < -0.3 is 10.4 Å². The second kappa shape index (κ2) is 6.50. The lowest BCUT2D eigenvalue weighted by Gasteiger charge is -2.32. The zero-order valence-electron chi connectivity index (χ0n) is 11.2. The molecular formula is C15H23NOS. The van der Waals surface area contributed by atoms with Crippen LogP contribution in [0.25, 0.3) is 0 Å². The maximum Gasteiger partial charge on any atom is 0.0587 e. The van der Waals surface area contributed by atoms with Gasteiger partial charge in [0.05, 0.1) is 6.61 Å². The summed E-state index contributed by atoms with van der Waals surface area (Å²) in [6.45, 7) is 5.58. The molecule has 1 aromatic heterocycles. The van der Waals surface area contributed by atoms with E-state index in [1.165, 1.54) is 16.9 Å². The molecule has 0 saturated heterocycles. The Morgan fingerprint density at radius 1 is 1.56 bits per heavy atom. The van der Waals surface area contributed by atoms with E-state index >= 15 is 0 Å². The lowest BCUT2D eigenvalue weighted by atomic mass is 9.80. The van der Waals surface area contributed by atoms with Crippen LogP contribution in [0, 0.1) is 11.8 Å². The van der Waals surface area contributed by atoms with Gasteiger partial charge in [-0.25, -0.2) is 0 Å². The summed E-state index contributed by atoms with van der Waals surface area (Å²) in [4.78, 5) is 1.34. The molecule has 3 atom stereocenters. The third-order valence-electron chi connectivity index (χ3n) is 3.71. The van der Waals surface area contributed by atoms with Crippen molar-refractivity contribution in [1.82, 2.24) is 5.32 Å². The summed E-state index contributed by atoms with van der Waals surface area (Å²) < 4.78 is 0. The van der Waals surface area contributed by atoms with Crippen molar-refractivity contribution < 1.29 is 5.11 Å². The van der Waals surface area contributed by atoms with Gasteiger partial charge in [-0.2, -0.15) is 0 Å². The summed E-state index contributed by atoms with van der Waals surface area (Å²) in [7, 11) is 0. The Morgan fingerprint density at radius 3 is 3.00 bits per heavy atom. The van der Waals surface area contributed by atoms with Crippen LogP contribution in [0.4, 0.5) is 0 Å². The Bertz CT molecular complexity index is 385. The maximum atomic E-state index is 9.60. The highest BCUT2D eigenvalue weighted by Crippen LogP contribution is 2.30. The van der Waals surface area contributed by atoms with Gasteiger partial charge >= 0.3 is 0 Å². The van der Waals surface area contributed by atoms with E-state index in [0.29, 0.717) is 11.8 Å². The van der Waals surface area contributed by atoms with Gasteiger partial charge in [-0.3, -0.25) is 0 Å². The first-order chi connectivity index (χ1) is 8.69. The molecule has 2 rings (SSSR count). The zero-order valence-corrected chi connectivity index (χ0v) is 12.0.